The lowest BCUT2D eigenvalue weighted by molar-refractivity contribution is 0.146. The molecule has 0 spiro atoms. The molecule has 21 heavy (non-hydrogen) atoms. The van der Waals surface area contributed by atoms with Gasteiger partial charge >= 0.3 is 0 Å². The predicted octanol–water partition coefficient (Wildman–Crippen LogP) is 3.53. The Bertz CT molecular complexity index is 616. The molecule has 2 unspecified atom stereocenters. The summed E-state index contributed by atoms with van der Waals surface area (Å²) in [6.45, 7) is 6.26. The van der Waals surface area contributed by atoms with Gasteiger partial charge in [0.05, 0.1) is 6.10 Å². The summed E-state index contributed by atoms with van der Waals surface area (Å²) in [6.07, 6.45) is -0.739. The van der Waals surface area contributed by atoms with Gasteiger partial charge in [-0.2, -0.15) is 0 Å². The molecular formula is C18H22FNO. The van der Waals surface area contributed by atoms with Gasteiger partial charge in [0.25, 0.3) is 0 Å². The largest absolute Gasteiger partial charge is 0.388 e. The molecule has 0 amide bonds. The van der Waals surface area contributed by atoms with Crippen molar-refractivity contribution in [2.45, 2.75) is 32.8 Å². The van der Waals surface area contributed by atoms with Crippen LogP contribution in [0.5, 0.6) is 0 Å². The highest BCUT2D eigenvalue weighted by molar-refractivity contribution is 5.41. The topological polar surface area (TPSA) is 46.2 Å². The Hall–Kier alpha value is -1.71. The maximum Gasteiger partial charge on any atom is 0.123 e. The molecule has 2 rings (SSSR count). The van der Waals surface area contributed by atoms with Gasteiger partial charge in [0.2, 0.25) is 0 Å². The average molecular weight is 287 g/mol. The van der Waals surface area contributed by atoms with Crippen LogP contribution in [0.4, 0.5) is 4.39 Å². The number of aliphatic hydroxyl groups excluding tert-OH is 1. The Morgan fingerprint density at radius 1 is 1.10 bits per heavy atom. The van der Waals surface area contributed by atoms with E-state index in [1.54, 1.807) is 6.07 Å². The molecule has 2 aromatic carbocycles. The van der Waals surface area contributed by atoms with Gasteiger partial charge in [-0.05, 0) is 55.2 Å². The molecule has 2 nitrogen and oxygen atoms in total. The van der Waals surface area contributed by atoms with E-state index >= 15 is 0 Å². The second-order valence-corrected chi connectivity index (χ2v) is 5.65. The van der Waals surface area contributed by atoms with Gasteiger partial charge in [0.15, 0.2) is 0 Å². The van der Waals surface area contributed by atoms with Crippen LogP contribution < -0.4 is 5.73 Å². The molecule has 0 aliphatic heterocycles. The van der Waals surface area contributed by atoms with Crippen molar-refractivity contribution in [3.05, 3.63) is 70.0 Å². The van der Waals surface area contributed by atoms with Gasteiger partial charge in [-0.25, -0.2) is 4.39 Å². The van der Waals surface area contributed by atoms with E-state index in [0.29, 0.717) is 0 Å². The summed E-state index contributed by atoms with van der Waals surface area (Å²) in [7, 11) is 0. The van der Waals surface area contributed by atoms with Crippen LogP contribution in [0.2, 0.25) is 0 Å². The van der Waals surface area contributed by atoms with E-state index in [4.69, 9.17) is 5.73 Å². The lowest BCUT2D eigenvalue weighted by Crippen LogP contribution is -2.21. The molecule has 0 saturated heterocycles. The molecular weight excluding hydrogens is 265 g/mol. The van der Waals surface area contributed by atoms with Crippen LogP contribution >= 0.6 is 0 Å². The Morgan fingerprint density at radius 3 is 2.24 bits per heavy atom. The number of aryl methyl sites for hydroxylation is 3. The summed E-state index contributed by atoms with van der Waals surface area (Å²) >= 11 is 0. The van der Waals surface area contributed by atoms with E-state index in [2.05, 4.69) is 0 Å². The van der Waals surface area contributed by atoms with Crippen molar-refractivity contribution in [2.75, 3.05) is 6.54 Å². The van der Waals surface area contributed by atoms with Gasteiger partial charge in [-0.15, -0.1) is 0 Å². The summed E-state index contributed by atoms with van der Waals surface area (Å²) in [5.74, 6) is -0.628. The first-order valence-corrected chi connectivity index (χ1v) is 7.15. The summed E-state index contributed by atoms with van der Waals surface area (Å²) < 4.78 is 13.4. The Labute approximate surface area is 125 Å². The fourth-order valence-corrected chi connectivity index (χ4v) is 3.04. The van der Waals surface area contributed by atoms with E-state index < -0.39 is 6.10 Å². The Kier molecular flexibility index (Phi) is 4.76. The van der Waals surface area contributed by atoms with Crippen molar-refractivity contribution in [3.63, 3.8) is 0 Å². The molecule has 0 aliphatic rings. The SMILES string of the molecule is Cc1cc(C)c(C(O)C(CN)c2cccc(F)c2)c(C)c1. The van der Waals surface area contributed by atoms with Gasteiger partial charge in [-0.3, -0.25) is 0 Å². The number of nitrogens with two attached hydrogens (primary N) is 1. The number of aliphatic hydroxyl groups is 1. The number of rotatable bonds is 4. The molecule has 0 fully saturated rings. The second kappa shape index (κ2) is 6.37. The first-order valence-electron chi connectivity index (χ1n) is 7.15. The van der Waals surface area contributed by atoms with Crippen LogP contribution in [0, 0.1) is 26.6 Å². The quantitative estimate of drug-likeness (QED) is 0.903. The highest BCUT2D eigenvalue weighted by Gasteiger charge is 2.24. The maximum atomic E-state index is 13.4. The van der Waals surface area contributed by atoms with E-state index in [-0.39, 0.29) is 18.3 Å². The number of halogens is 1. The molecule has 2 atom stereocenters. The number of benzene rings is 2. The molecule has 2 aromatic rings. The Balaban J connectivity index is 2.44. The maximum absolute atomic E-state index is 13.4. The van der Waals surface area contributed by atoms with Crippen LogP contribution in [-0.2, 0) is 0 Å². The third-order valence-corrected chi connectivity index (χ3v) is 3.95. The monoisotopic (exact) mass is 287 g/mol. The summed E-state index contributed by atoms with van der Waals surface area (Å²) in [4.78, 5) is 0. The molecule has 0 saturated carbocycles. The highest BCUT2D eigenvalue weighted by Crippen LogP contribution is 2.34. The van der Waals surface area contributed by atoms with Gasteiger partial charge in [0.1, 0.15) is 5.82 Å². The zero-order valence-electron chi connectivity index (χ0n) is 12.7. The average Bonchev–Trinajstić information content (AvgIpc) is 2.38. The van der Waals surface area contributed by atoms with E-state index in [9.17, 15) is 9.50 Å². The molecule has 0 aliphatic carbocycles. The minimum Gasteiger partial charge on any atom is -0.388 e. The first kappa shape index (κ1) is 15.7. The van der Waals surface area contributed by atoms with E-state index in [0.717, 1.165) is 27.8 Å². The third kappa shape index (κ3) is 3.31. The third-order valence-electron chi connectivity index (χ3n) is 3.95. The predicted molar refractivity (Wildman–Crippen MR) is 83.8 cm³/mol. The number of hydrogen-bond acceptors (Lipinski definition) is 2. The van der Waals surface area contributed by atoms with E-state index in [1.165, 1.54) is 12.1 Å². The molecule has 3 heteroatoms. The summed E-state index contributed by atoms with van der Waals surface area (Å²) in [5, 5.41) is 10.8. The van der Waals surface area contributed by atoms with Crippen LogP contribution in [0.25, 0.3) is 0 Å². The standard InChI is InChI=1S/C18H22FNO/c1-11-7-12(2)17(13(3)8-11)18(21)16(10-20)14-5-4-6-15(19)9-14/h4-9,16,18,21H,10,20H2,1-3H3. The molecule has 0 radical (unpaired) electrons. The fourth-order valence-electron chi connectivity index (χ4n) is 3.04. The van der Waals surface area contributed by atoms with Crippen molar-refractivity contribution in [3.8, 4) is 0 Å². The normalized spacial score (nSPS) is 14.0. The van der Waals surface area contributed by atoms with E-state index in [1.807, 2.05) is 39.0 Å². The van der Waals surface area contributed by atoms with Gasteiger partial charge in [0, 0.05) is 12.5 Å². The summed E-state index contributed by atoms with van der Waals surface area (Å²) in [6, 6.07) is 10.4. The van der Waals surface area contributed by atoms with Crippen molar-refractivity contribution in [1.82, 2.24) is 0 Å². The lowest BCUT2D eigenvalue weighted by atomic mass is 9.85. The lowest BCUT2D eigenvalue weighted by Gasteiger charge is -2.25. The van der Waals surface area contributed by atoms with Crippen LogP contribution in [0.15, 0.2) is 36.4 Å². The van der Waals surface area contributed by atoms with Crippen molar-refractivity contribution >= 4 is 0 Å². The molecule has 3 N–H and O–H groups in total. The smallest absolute Gasteiger partial charge is 0.123 e. The molecule has 112 valence electrons. The zero-order chi connectivity index (χ0) is 15.6. The minimum absolute atomic E-state index is 0.261. The molecule has 0 aromatic heterocycles. The Morgan fingerprint density at radius 2 is 1.71 bits per heavy atom. The zero-order valence-corrected chi connectivity index (χ0v) is 12.7. The second-order valence-electron chi connectivity index (χ2n) is 5.65. The molecule has 0 bridgehead atoms. The van der Waals surface area contributed by atoms with Crippen LogP contribution in [-0.4, -0.2) is 11.7 Å². The van der Waals surface area contributed by atoms with Gasteiger partial charge in [-0.1, -0.05) is 29.8 Å². The van der Waals surface area contributed by atoms with Gasteiger partial charge < -0.3 is 10.8 Å². The summed E-state index contributed by atoms with van der Waals surface area (Å²) in [5.41, 5.74) is 10.7. The molecule has 0 heterocycles. The van der Waals surface area contributed by atoms with Crippen LogP contribution in [0.1, 0.15) is 39.8 Å². The van der Waals surface area contributed by atoms with Crippen LogP contribution in [0.3, 0.4) is 0 Å². The fraction of sp³-hybridized carbons (Fsp3) is 0.333. The van der Waals surface area contributed by atoms with Crippen molar-refractivity contribution in [1.29, 1.82) is 0 Å². The van der Waals surface area contributed by atoms with Crippen molar-refractivity contribution < 1.29 is 9.50 Å². The highest BCUT2D eigenvalue weighted by atomic mass is 19.1. The minimum atomic E-state index is -0.739. The van der Waals surface area contributed by atoms with Crippen molar-refractivity contribution in [2.24, 2.45) is 5.73 Å². The number of hydrogen-bond donors (Lipinski definition) is 2. The first-order chi connectivity index (χ1) is 9.93.